The summed E-state index contributed by atoms with van der Waals surface area (Å²) >= 11 is 3.30. The fraction of sp³-hybridized carbons (Fsp3) is 0.0741. The van der Waals surface area contributed by atoms with Crippen molar-refractivity contribution < 1.29 is 21.6 Å². The van der Waals surface area contributed by atoms with E-state index < -0.39 is 26.0 Å². The molecule has 38 heavy (non-hydrogen) atoms. The van der Waals surface area contributed by atoms with Gasteiger partial charge in [-0.3, -0.25) is 14.2 Å². The van der Waals surface area contributed by atoms with Gasteiger partial charge in [-0.05, 0) is 92.2 Å². The van der Waals surface area contributed by atoms with Crippen LogP contribution in [0.25, 0.3) is 0 Å². The number of hydrogen-bond donors (Lipinski definition) is 3. The van der Waals surface area contributed by atoms with Crippen LogP contribution in [0.5, 0.6) is 0 Å². The van der Waals surface area contributed by atoms with Gasteiger partial charge in [-0.1, -0.05) is 39.7 Å². The summed E-state index contributed by atoms with van der Waals surface area (Å²) in [5.74, 6) is -0.482. The molecule has 0 saturated heterocycles. The van der Waals surface area contributed by atoms with Crippen LogP contribution in [0.2, 0.25) is 0 Å². The predicted octanol–water partition coefficient (Wildman–Crippen LogP) is 5.92. The summed E-state index contributed by atoms with van der Waals surface area (Å²) in [5, 5.41) is 2.70. The summed E-state index contributed by atoms with van der Waals surface area (Å²) in [7, 11) is -7.66. The first kappa shape index (κ1) is 27.4. The fourth-order valence-electron chi connectivity index (χ4n) is 3.45. The number of benzene rings is 4. The smallest absolute Gasteiger partial charge is 0.261 e. The Hall–Kier alpha value is -3.67. The number of amides is 1. The van der Waals surface area contributed by atoms with Crippen LogP contribution in [0.3, 0.4) is 0 Å². The standard InChI is InChI=1S/C27H24BrN3O5S2/c1-18-3-13-24(14-4-18)38(35,36)31-26-17-20(6-5-19(26)2)27(32)29-22-11-15-25(16-12-22)37(33,34)30-23-9-7-21(28)8-10-23/h3-17,30-31H,1-2H3,(H,29,32). The molecule has 4 aromatic rings. The quantitative estimate of drug-likeness (QED) is 0.228. The Kier molecular flexibility index (Phi) is 7.91. The monoisotopic (exact) mass is 613 g/mol. The number of aryl methyl sites for hydroxylation is 2. The van der Waals surface area contributed by atoms with Crippen molar-refractivity contribution in [3.05, 3.63) is 112 Å². The van der Waals surface area contributed by atoms with Gasteiger partial charge in [-0.2, -0.15) is 0 Å². The Morgan fingerprint density at radius 1 is 0.658 bits per heavy atom. The summed E-state index contributed by atoms with van der Waals surface area (Å²) in [6.45, 7) is 3.60. The van der Waals surface area contributed by atoms with Crippen LogP contribution in [0.4, 0.5) is 17.1 Å². The molecule has 0 saturated carbocycles. The second-order valence-corrected chi connectivity index (χ2v) is 12.8. The maximum Gasteiger partial charge on any atom is 0.261 e. The third-order valence-electron chi connectivity index (χ3n) is 5.59. The Balaban J connectivity index is 1.47. The molecular weight excluding hydrogens is 590 g/mol. The number of carbonyl (C=O) groups excluding carboxylic acids is 1. The largest absolute Gasteiger partial charge is 0.322 e. The topological polar surface area (TPSA) is 121 Å². The first-order valence-electron chi connectivity index (χ1n) is 11.3. The predicted molar refractivity (Wildman–Crippen MR) is 153 cm³/mol. The molecule has 0 fully saturated rings. The second kappa shape index (κ2) is 11.0. The van der Waals surface area contributed by atoms with E-state index >= 15 is 0 Å². The Labute approximate surface area is 230 Å². The van der Waals surface area contributed by atoms with Gasteiger partial charge in [0.05, 0.1) is 15.5 Å². The van der Waals surface area contributed by atoms with Crippen molar-refractivity contribution in [1.29, 1.82) is 0 Å². The van der Waals surface area contributed by atoms with Crippen LogP contribution >= 0.6 is 15.9 Å². The Bertz CT molecular complexity index is 1690. The van der Waals surface area contributed by atoms with E-state index in [9.17, 15) is 21.6 Å². The molecule has 0 aliphatic heterocycles. The van der Waals surface area contributed by atoms with Crippen LogP contribution in [0, 0.1) is 13.8 Å². The number of sulfonamides is 2. The minimum Gasteiger partial charge on any atom is -0.322 e. The minimum absolute atomic E-state index is 0.0292. The lowest BCUT2D eigenvalue weighted by molar-refractivity contribution is 0.102. The SMILES string of the molecule is Cc1ccc(S(=O)(=O)Nc2cc(C(=O)Nc3ccc(S(=O)(=O)Nc4ccc(Br)cc4)cc3)ccc2C)cc1. The Morgan fingerprint density at radius 3 is 1.79 bits per heavy atom. The zero-order valence-electron chi connectivity index (χ0n) is 20.4. The second-order valence-electron chi connectivity index (χ2n) is 8.54. The normalized spacial score (nSPS) is 11.6. The summed E-state index contributed by atoms with van der Waals surface area (Å²) in [6.07, 6.45) is 0. The summed E-state index contributed by atoms with van der Waals surface area (Å²) in [4.78, 5) is 13.0. The van der Waals surface area contributed by atoms with E-state index in [2.05, 4.69) is 30.7 Å². The van der Waals surface area contributed by atoms with Crippen LogP contribution in [0.1, 0.15) is 21.5 Å². The van der Waals surface area contributed by atoms with Crippen molar-refractivity contribution in [3.63, 3.8) is 0 Å². The molecule has 0 radical (unpaired) electrons. The third kappa shape index (κ3) is 6.60. The molecule has 11 heteroatoms. The van der Waals surface area contributed by atoms with E-state index in [1.807, 2.05) is 6.92 Å². The van der Waals surface area contributed by atoms with Gasteiger partial charge < -0.3 is 5.32 Å². The maximum atomic E-state index is 12.9. The highest BCUT2D eigenvalue weighted by Crippen LogP contribution is 2.24. The van der Waals surface area contributed by atoms with Crippen LogP contribution in [-0.2, 0) is 20.0 Å². The van der Waals surface area contributed by atoms with Gasteiger partial charge in [0, 0.05) is 21.4 Å². The summed E-state index contributed by atoms with van der Waals surface area (Å²) in [5.41, 5.74) is 2.87. The van der Waals surface area contributed by atoms with E-state index in [1.54, 1.807) is 55.5 Å². The third-order valence-corrected chi connectivity index (χ3v) is 8.90. The van der Waals surface area contributed by atoms with E-state index in [0.29, 0.717) is 16.9 Å². The molecule has 0 unspecified atom stereocenters. The lowest BCUT2D eigenvalue weighted by atomic mass is 10.1. The lowest BCUT2D eigenvalue weighted by Crippen LogP contribution is -2.16. The van der Waals surface area contributed by atoms with Crippen molar-refractivity contribution in [3.8, 4) is 0 Å². The molecule has 0 atom stereocenters. The highest BCUT2D eigenvalue weighted by atomic mass is 79.9. The average molecular weight is 615 g/mol. The molecule has 0 spiro atoms. The minimum atomic E-state index is -3.84. The molecule has 196 valence electrons. The number of carbonyl (C=O) groups is 1. The van der Waals surface area contributed by atoms with Gasteiger partial charge in [0.1, 0.15) is 0 Å². The molecule has 3 N–H and O–H groups in total. The molecule has 0 aromatic heterocycles. The van der Waals surface area contributed by atoms with Gasteiger partial charge in [0.2, 0.25) is 0 Å². The van der Waals surface area contributed by atoms with Crippen molar-refractivity contribution in [2.75, 3.05) is 14.8 Å². The highest BCUT2D eigenvalue weighted by Gasteiger charge is 2.18. The molecule has 0 aliphatic carbocycles. The molecule has 0 heterocycles. The van der Waals surface area contributed by atoms with Gasteiger partial charge in [-0.15, -0.1) is 0 Å². The Morgan fingerprint density at radius 2 is 1.18 bits per heavy atom. The molecule has 8 nitrogen and oxygen atoms in total. The van der Waals surface area contributed by atoms with Crippen molar-refractivity contribution in [2.24, 2.45) is 0 Å². The number of hydrogen-bond acceptors (Lipinski definition) is 5. The van der Waals surface area contributed by atoms with Gasteiger partial charge in [0.25, 0.3) is 26.0 Å². The lowest BCUT2D eigenvalue weighted by Gasteiger charge is -2.13. The van der Waals surface area contributed by atoms with E-state index in [0.717, 1.165) is 10.0 Å². The van der Waals surface area contributed by atoms with Crippen LogP contribution < -0.4 is 14.8 Å². The van der Waals surface area contributed by atoms with Gasteiger partial charge >= 0.3 is 0 Å². The van der Waals surface area contributed by atoms with Gasteiger partial charge in [-0.25, -0.2) is 16.8 Å². The van der Waals surface area contributed by atoms with Gasteiger partial charge in [0.15, 0.2) is 0 Å². The summed E-state index contributed by atoms with van der Waals surface area (Å²) < 4.78 is 56.8. The molecule has 4 aromatic carbocycles. The van der Waals surface area contributed by atoms with Crippen LogP contribution in [0.15, 0.2) is 105 Å². The van der Waals surface area contributed by atoms with Crippen molar-refractivity contribution in [1.82, 2.24) is 0 Å². The van der Waals surface area contributed by atoms with E-state index in [1.165, 1.54) is 42.5 Å². The molecule has 0 bridgehead atoms. The maximum absolute atomic E-state index is 12.9. The van der Waals surface area contributed by atoms with E-state index in [4.69, 9.17) is 0 Å². The average Bonchev–Trinajstić information content (AvgIpc) is 2.87. The zero-order valence-corrected chi connectivity index (χ0v) is 23.6. The molecule has 4 rings (SSSR count). The number of anilines is 3. The van der Waals surface area contributed by atoms with Crippen molar-refractivity contribution >= 4 is 58.9 Å². The number of rotatable bonds is 8. The number of nitrogens with one attached hydrogen (secondary N) is 3. The summed E-state index contributed by atoms with van der Waals surface area (Å²) in [6, 6.07) is 23.5. The van der Waals surface area contributed by atoms with Crippen LogP contribution in [-0.4, -0.2) is 22.7 Å². The molecular formula is C27H24BrN3O5S2. The zero-order chi connectivity index (χ0) is 27.5. The molecule has 0 aliphatic rings. The first-order chi connectivity index (χ1) is 17.9. The highest BCUT2D eigenvalue weighted by molar-refractivity contribution is 9.10. The van der Waals surface area contributed by atoms with Crippen molar-refractivity contribution in [2.45, 2.75) is 23.6 Å². The molecule has 1 amide bonds. The van der Waals surface area contributed by atoms with E-state index in [-0.39, 0.29) is 21.0 Å². The first-order valence-corrected chi connectivity index (χ1v) is 15.1. The number of halogens is 1. The fourth-order valence-corrected chi connectivity index (χ4v) is 5.89.